The molecule has 0 N–H and O–H groups in total. The molecule has 0 aliphatic heterocycles. The summed E-state index contributed by atoms with van der Waals surface area (Å²) in [5, 5.41) is 0. The van der Waals surface area contributed by atoms with Crippen molar-refractivity contribution in [3.8, 4) is 34.3 Å². The quantitative estimate of drug-likeness (QED) is 0.131. The topological polar surface area (TPSA) is 63.3 Å². The molecule has 260 valence electrons. The molecule has 0 saturated heterocycles. The van der Waals surface area contributed by atoms with Crippen LogP contribution in [0.25, 0.3) is 44.8 Å². The van der Waals surface area contributed by atoms with Crippen LogP contribution in [-0.2, 0) is 17.8 Å². The summed E-state index contributed by atoms with van der Waals surface area (Å²) in [7, 11) is 5.14. The van der Waals surface area contributed by atoms with Crippen molar-refractivity contribution >= 4 is 53.9 Å². The van der Waals surface area contributed by atoms with E-state index in [1.165, 1.54) is 42.4 Å². The van der Waals surface area contributed by atoms with Crippen LogP contribution in [0.1, 0.15) is 62.5 Å². The number of fused-ring (bicyclic) bond motifs is 2. The molecule has 8 rings (SSSR count). The van der Waals surface area contributed by atoms with Gasteiger partial charge in [0.15, 0.2) is 0 Å². The number of hydrogen-bond donors (Lipinski definition) is 0. The van der Waals surface area contributed by atoms with Crippen LogP contribution >= 0.6 is 31.9 Å². The normalized spacial score (nSPS) is 14.3. The van der Waals surface area contributed by atoms with E-state index >= 15 is 0 Å². The first-order chi connectivity index (χ1) is 24.3. The predicted octanol–water partition coefficient (Wildman–Crippen LogP) is 11.0. The highest BCUT2D eigenvalue weighted by Crippen LogP contribution is 2.42. The summed E-state index contributed by atoms with van der Waals surface area (Å²) in [4.78, 5) is 9.88. The highest BCUT2D eigenvalue weighted by molar-refractivity contribution is 9.11. The Balaban J connectivity index is 0.000000157. The van der Waals surface area contributed by atoms with Crippen molar-refractivity contribution in [1.82, 2.24) is 19.1 Å². The Labute approximate surface area is 311 Å². The van der Waals surface area contributed by atoms with Gasteiger partial charge >= 0.3 is 0 Å². The second kappa shape index (κ2) is 14.9. The van der Waals surface area contributed by atoms with Crippen LogP contribution in [0.3, 0.4) is 0 Å². The van der Waals surface area contributed by atoms with E-state index in [1.54, 1.807) is 21.3 Å². The van der Waals surface area contributed by atoms with Crippen molar-refractivity contribution < 1.29 is 14.2 Å². The molecule has 0 amide bonds. The lowest BCUT2D eigenvalue weighted by Gasteiger charge is -2.12. The van der Waals surface area contributed by atoms with E-state index in [9.17, 15) is 0 Å². The van der Waals surface area contributed by atoms with Crippen LogP contribution in [0.4, 0.5) is 0 Å². The maximum Gasteiger partial charge on any atom is 0.145 e. The average Bonchev–Trinajstić information content (AvgIpc) is 4.07. The Morgan fingerprint density at radius 3 is 2.00 bits per heavy atom. The lowest BCUT2D eigenvalue weighted by Crippen LogP contribution is -2.06. The summed E-state index contributed by atoms with van der Waals surface area (Å²) in [6.45, 7) is 6.74. The Kier molecular flexibility index (Phi) is 10.4. The minimum absolute atomic E-state index is 0.511. The van der Waals surface area contributed by atoms with Gasteiger partial charge in [-0.15, -0.1) is 0 Å². The lowest BCUT2D eigenvalue weighted by molar-refractivity contribution is 0.188. The van der Waals surface area contributed by atoms with Crippen LogP contribution in [0.5, 0.6) is 11.5 Å². The van der Waals surface area contributed by atoms with Gasteiger partial charge in [0.2, 0.25) is 0 Å². The van der Waals surface area contributed by atoms with E-state index in [0.717, 1.165) is 78.1 Å². The first-order valence-corrected chi connectivity index (χ1v) is 19.0. The van der Waals surface area contributed by atoms with Crippen molar-refractivity contribution in [2.75, 3.05) is 27.9 Å². The molecule has 6 aromatic rings. The van der Waals surface area contributed by atoms with Crippen LogP contribution in [0.15, 0.2) is 81.7 Å². The summed E-state index contributed by atoms with van der Waals surface area (Å²) in [6.07, 6.45) is 5.31. The fraction of sp³-hybridized carbons (Fsp3) is 0.366. The van der Waals surface area contributed by atoms with E-state index in [4.69, 9.17) is 24.2 Å². The maximum atomic E-state index is 5.65. The first-order valence-electron chi connectivity index (χ1n) is 17.5. The molecule has 2 aromatic heterocycles. The molecule has 2 aliphatic carbocycles. The van der Waals surface area contributed by atoms with E-state index in [-0.39, 0.29) is 0 Å². The third-order valence-corrected chi connectivity index (χ3v) is 10.8. The van der Waals surface area contributed by atoms with Gasteiger partial charge in [-0.2, -0.15) is 0 Å². The summed E-state index contributed by atoms with van der Waals surface area (Å²) in [6, 6.07) is 25.7. The Morgan fingerprint density at radius 2 is 1.40 bits per heavy atom. The standard InChI is InChI=1S/C21H21BrN2O.C20H23BrN2O2/c1-25-18-11-10-17(22)19-20(18)24(12-13-2-3-13)21(23-19)16-8-6-15(7-9-16)14-4-5-14;1-13(2)14-5-7-15(8-6-14)20-22-17-11-16(21)12-18(25-4)19(17)23(20)9-10-24-3/h6-11,13-14H,2-5,12H2,1H3;5-8,11-13H,9-10H2,1-4H3. The molecule has 0 bridgehead atoms. The van der Waals surface area contributed by atoms with E-state index < -0.39 is 0 Å². The average molecular weight is 801 g/mol. The van der Waals surface area contributed by atoms with E-state index in [0.29, 0.717) is 19.1 Å². The van der Waals surface area contributed by atoms with Crippen molar-refractivity contribution in [2.45, 2.75) is 64.5 Å². The molecule has 9 heteroatoms. The van der Waals surface area contributed by atoms with Crippen molar-refractivity contribution in [1.29, 1.82) is 0 Å². The second-order valence-corrected chi connectivity index (χ2v) is 15.4. The van der Waals surface area contributed by atoms with Gasteiger partial charge in [-0.05, 0) is 94.8 Å². The minimum Gasteiger partial charge on any atom is -0.494 e. The molecule has 0 radical (unpaired) electrons. The third-order valence-electron chi connectivity index (χ3n) is 9.73. The van der Waals surface area contributed by atoms with E-state index in [2.05, 4.69) is 103 Å². The zero-order chi connectivity index (χ0) is 34.9. The summed E-state index contributed by atoms with van der Waals surface area (Å²) in [5.74, 6) is 5.75. The van der Waals surface area contributed by atoms with Crippen LogP contribution in [0.2, 0.25) is 0 Å². The molecule has 0 unspecified atom stereocenters. The van der Waals surface area contributed by atoms with Crippen molar-refractivity contribution in [3.05, 3.63) is 92.9 Å². The highest BCUT2D eigenvalue weighted by Gasteiger charge is 2.27. The van der Waals surface area contributed by atoms with Crippen molar-refractivity contribution in [2.24, 2.45) is 5.92 Å². The number of imidazole rings is 2. The van der Waals surface area contributed by atoms with Gasteiger partial charge in [0.1, 0.15) is 39.7 Å². The zero-order valence-electron chi connectivity index (χ0n) is 29.4. The van der Waals surface area contributed by atoms with Crippen molar-refractivity contribution in [3.63, 3.8) is 0 Å². The monoisotopic (exact) mass is 798 g/mol. The van der Waals surface area contributed by atoms with Gasteiger partial charge in [0, 0.05) is 40.3 Å². The van der Waals surface area contributed by atoms with E-state index in [1.807, 2.05) is 24.3 Å². The number of rotatable bonds is 11. The molecule has 0 spiro atoms. The minimum atomic E-state index is 0.511. The van der Waals surface area contributed by atoms with Gasteiger partial charge < -0.3 is 23.3 Å². The zero-order valence-corrected chi connectivity index (χ0v) is 32.6. The Hall–Kier alpha value is -3.66. The first kappa shape index (κ1) is 34.8. The molecule has 50 heavy (non-hydrogen) atoms. The van der Waals surface area contributed by atoms with Crippen LogP contribution in [0, 0.1) is 5.92 Å². The third kappa shape index (κ3) is 7.23. The SMILES string of the molecule is COCCn1c(-c2ccc(C(C)C)cc2)nc2cc(Br)cc(OC)c21.COc1ccc(Br)c2nc(-c3ccc(C4CC4)cc3)n(CC3CC3)c12. The van der Waals surface area contributed by atoms with Gasteiger partial charge in [0.05, 0.1) is 26.3 Å². The molecular weight excluding hydrogens is 756 g/mol. The van der Waals surface area contributed by atoms with Gasteiger partial charge in [0.25, 0.3) is 0 Å². The molecular formula is C41H44Br2N4O3. The fourth-order valence-corrected chi connectivity index (χ4v) is 7.44. The number of nitrogens with zero attached hydrogens (tertiary/aromatic N) is 4. The summed E-state index contributed by atoms with van der Waals surface area (Å²) < 4.78 is 23.1. The predicted molar refractivity (Wildman–Crippen MR) is 210 cm³/mol. The Morgan fingerprint density at radius 1 is 0.740 bits per heavy atom. The molecule has 2 fully saturated rings. The smallest absolute Gasteiger partial charge is 0.145 e. The molecule has 4 aromatic carbocycles. The van der Waals surface area contributed by atoms with Gasteiger partial charge in [-0.3, -0.25) is 0 Å². The largest absolute Gasteiger partial charge is 0.494 e. The molecule has 7 nitrogen and oxygen atoms in total. The number of methoxy groups -OCH3 is 3. The summed E-state index contributed by atoms with van der Waals surface area (Å²) >= 11 is 7.21. The maximum absolute atomic E-state index is 5.65. The molecule has 2 saturated carbocycles. The van der Waals surface area contributed by atoms with Crippen LogP contribution in [-0.4, -0.2) is 47.0 Å². The Bertz CT molecular complexity index is 2110. The molecule has 2 aliphatic rings. The fourth-order valence-electron chi connectivity index (χ4n) is 6.61. The summed E-state index contributed by atoms with van der Waals surface area (Å²) in [5.41, 5.74) is 9.06. The van der Waals surface area contributed by atoms with Gasteiger partial charge in [-0.1, -0.05) is 78.3 Å². The lowest BCUT2D eigenvalue weighted by atomic mass is 10.0. The number of ether oxygens (including phenoxy) is 3. The second-order valence-electron chi connectivity index (χ2n) is 13.7. The van der Waals surface area contributed by atoms with Crippen LogP contribution < -0.4 is 9.47 Å². The highest BCUT2D eigenvalue weighted by atomic mass is 79.9. The van der Waals surface area contributed by atoms with Gasteiger partial charge in [-0.25, -0.2) is 9.97 Å². The number of aromatic nitrogens is 4. The number of benzene rings is 4. The number of hydrogen-bond acceptors (Lipinski definition) is 5. The number of halogens is 2. The molecule has 2 heterocycles. The molecule has 0 atom stereocenters.